The van der Waals surface area contributed by atoms with E-state index in [1.165, 1.54) is 14.7 Å². The van der Waals surface area contributed by atoms with Crippen LogP contribution in [-0.4, -0.2) is 190 Å². The first-order chi connectivity index (χ1) is 36.9. The van der Waals surface area contributed by atoms with Crippen molar-refractivity contribution in [3.05, 3.63) is 71.8 Å². The third-order valence-electron chi connectivity index (χ3n) is 13.3. The second-order valence-corrected chi connectivity index (χ2v) is 18.9. The molecular formula is C50H72N16O11. The van der Waals surface area contributed by atoms with Gasteiger partial charge in [-0.2, -0.15) is 0 Å². The zero-order chi connectivity index (χ0) is 56.0. The molecule has 27 heteroatoms. The normalized spacial score (nSPS) is 18.6. The minimum absolute atomic E-state index is 0.000475. The number of hydrazine groups is 1. The number of urea groups is 1. The fourth-order valence-corrected chi connectivity index (χ4v) is 9.36. The topological polar surface area (TPSA) is 422 Å². The predicted molar refractivity (Wildman–Crippen MR) is 281 cm³/mol. The Labute approximate surface area is 445 Å². The number of aliphatic imine (C=N–C) groups is 3. The number of amides is 9. The molecule has 16 N–H and O–H groups in total. The van der Waals surface area contributed by atoms with Gasteiger partial charge in [0.1, 0.15) is 36.3 Å². The molecule has 3 fully saturated rings. The number of hydrogen-bond donors (Lipinski definition) is 11. The Morgan fingerprint density at radius 2 is 1.21 bits per heavy atom. The Morgan fingerprint density at radius 3 is 1.81 bits per heavy atom. The van der Waals surface area contributed by atoms with Gasteiger partial charge in [0.05, 0.1) is 19.1 Å². The number of aliphatic hydroxyl groups is 1. The molecule has 9 amide bonds. The van der Waals surface area contributed by atoms with Gasteiger partial charge in [-0.1, -0.05) is 60.7 Å². The first-order valence-corrected chi connectivity index (χ1v) is 25.6. The van der Waals surface area contributed by atoms with Crippen molar-refractivity contribution in [2.45, 2.75) is 107 Å². The lowest BCUT2D eigenvalue weighted by Crippen LogP contribution is -2.58. The summed E-state index contributed by atoms with van der Waals surface area (Å²) >= 11 is 0. The highest BCUT2D eigenvalue weighted by molar-refractivity contribution is 6.01. The predicted octanol–water partition coefficient (Wildman–Crippen LogP) is -3.21. The summed E-state index contributed by atoms with van der Waals surface area (Å²) in [7, 11) is 0. The van der Waals surface area contributed by atoms with Crippen molar-refractivity contribution in [2.24, 2.45) is 49.7 Å². The van der Waals surface area contributed by atoms with E-state index in [-0.39, 0.29) is 83.3 Å². The van der Waals surface area contributed by atoms with Crippen LogP contribution in [0.5, 0.6) is 0 Å². The van der Waals surface area contributed by atoms with Crippen molar-refractivity contribution in [1.29, 1.82) is 0 Å². The van der Waals surface area contributed by atoms with Gasteiger partial charge in [-0.25, -0.2) is 20.4 Å². The monoisotopic (exact) mass is 1070 g/mol. The van der Waals surface area contributed by atoms with Gasteiger partial charge in [0, 0.05) is 51.9 Å². The quantitative estimate of drug-likeness (QED) is 0.0110. The number of nitrogens with zero attached hydrogens (tertiary/aromatic N) is 7. The smallest absolute Gasteiger partial charge is 0.334 e. The van der Waals surface area contributed by atoms with E-state index < -0.39 is 109 Å². The molecular weight excluding hydrogens is 1000 g/mol. The van der Waals surface area contributed by atoms with Crippen molar-refractivity contribution in [3.8, 4) is 0 Å². The number of aliphatic hydroxyl groups excluding tert-OH is 1. The summed E-state index contributed by atoms with van der Waals surface area (Å²) in [6.45, 7) is -0.353. The number of guanidine groups is 2. The van der Waals surface area contributed by atoms with E-state index in [0.717, 1.165) is 11.2 Å². The van der Waals surface area contributed by atoms with Gasteiger partial charge in [0.2, 0.25) is 35.4 Å². The third kappa shape index (κ3) is 18.0. The van der Waals surface area contributed by atoms with E-state index in [2.05, 4.69) is 36.2 Å². The van der Waals surface area contributed by atoms with E-state index in [1.807, 2.05) is 0 Å². The van der Waals surface area contributed by atoms with E-state index in [1.54, 1.807) is 60.7 Å². The molecule has 1 unspecified atom stereocenters. The molecule has 0 saturated carbocycles. The third-order valence-corrected chi connectivity index (χ3v) is 13.3. The van der Waals surface area contributed by atoms with Crippen LogP contribution in [0.4, 0.5) is 4.79 Å². The Balaban J connectivity index is 1.21. The molecule has 418 valence electrons. The molecule has 0 spiro atoms. The standard InChI is InChI=1S/C50H72N16O11/c51-48(52)56-20-7-16-34(47(75)76)60-42(70)35(27-32-14-5-2-6-15-32)61-44(72)38-18-9-22-63(38)45(73)36(30-67)62-41(69)33(26-31-12-3-1-4-13-31)28-58-40(68)29-59-43(71)37-17-8-23-64(37)46(74)39-19-10-24-65(39)50(77)66(55)25-11-21-57-49(53)54/h1-6,12-15,28,33-39,67H,7-11,16-27,29-30,55H2,(H,59,71)(H,60,70)(H,61,72)(H,62,69)(H,75,76)(H4,51,52,56)(H4,53,54,57)/t33?,34-,35-,36-,37-,38-,39-/m0/s1. The van der Waals surface area contributed by atoms with E-state index in [0.29, 0.717) is 49.7 Å². The molecule has 0 bridgehead atoms. The summed E-state index contributed by atoms with van der Waals surface area (Å²) in [5, 5.41) is 31.7. The summed E-state index contributed by atoms with van der Waals surface area (Å²) in [6.07, 6.45) is 3.89. The molecule has 2 aromatic carbocycles. The van der Waals surface area contributed by atoms with Crippen LogP contribution in [-0.2, 0) is 51.2 Å². The number of hydrogen-bond acceptors (Lipinski definition) is 13. The number of nitrogens with two attached hydrogens (primary N) is 5. The molecule has 5 rings (SSSR count). The summed E-state index contributed by atoms with van der Waals surface area (Å²) in [5.41, 5.74) is 22.8. The zero-order valence-electron chi connectivity index (χ0n) is 42.9. The Kier molecular flexibility index (Phi) is 23.1. The highest BCUT2D eigenvalue weighted by Crippen LogP contribution is 2.26. The minimum atomic E-state index is -1.56. The molecule has 0 aliphatic carbocycles. The van der Waals surface area contributed by atoms with Gasteiger partial charge in [-0.15, -0.1) is 0 Å². The number of aliphatic carboxylic acids is 1. The second-order valence-electron chi connectivity index (χ2n) is 18.9. The number of likely N-dealkylation sites (tertiary alicyclic amines) is 3. The molecule has 3 aliphatic heterocycles. The van der Waals surface area contributed by atoms with Crippen molar-refractivity contribution in [3.63, 3.8) is 0 Å². The lowest BCUT2D eigenvalue weighted by molar-refractivity contribution is -0.144. The number of rotatable bonds is 26. The molecule has 77 heavy (non-hydrogen) atoms. The van der Waals surface area contributed by atoms with Crippen LogP contribution < -0.4 is 50.0 Å². The van der Waals surface area contributed by atoms with Crippen LogP contribution in [0.25, 0.3) is 0 Å². The van der Waals surface area contributed by atoms with Crippen LogP contribution >= 0.6 is 0 Å². The molecule has 0 aromatic heterocycles. The first kappa shape index (κ1) is 59.7. The number of carboxylic acids is 1. The first-order valence-electron chi connectivity index (χ1n) is 25.6. The van der Waals surface area contributed by atoms with Gasteiger partial charge in [-0.05, 0) is 75.3 Å². The van der Waals surface area contributed by atoms with Crippen LogP contribution in [0.2, 0.25) is 0 Å². The highest BCUT2D eigenvalue weighted by atomic mass is 16.4. The van der Waals surface area contributed by atoms with Crippen LogP contribution in [0, 0.1) is 5.92 Å². The highest BCUT2D eigenvalue weighted by Gasteiger charge is 2.43. The number of carbonyl (C=O) groups excluding carboxylic acids is 8. The molecule has 3 heterocycles. The number of nitrogens with one attached hydrogen (secondary N) is 4. The molecule has 2 aromatic rings. The number of benzene rings is 2. The van der Waals surface area contributed by atoms with E-state index >= 15 is 0 Å². The average Bonchev–Trinajstić information content (AvgIpc) is 4.24. The van der Waals surface area contributed by atoms with Gasteiger partial charge < -0.3 is 69.1 Å². The molecule has 3 saturated heterocycles. The van der Waals surface area contributed by atoms with Crippen molar-refractivity contribution >= 4 is 71.5 Å². The van der Waals surface area contributed by atoms with Crippen molar-refractivity contribution < 1.29 is 53.4 Å². The Hall–Kier alpha value is -8.20. The zero-order valence-corrected chi connectivity index (χ0v) is 42.9. The fraction of sp³-hybridized carbons (Fsp3) is 0.520. The van der Waals surface area contributed by atoms with Gasteiger partial charge in [0.25, 0.3) is 5.91 Å². The van der Waals surface area contributed by atoms with E-state index in [9.17, 15) is 53.4 Å². The minimum Gasteiger partial charge on any atom is -0.480 e. The molecule has 0 radical (unpaired) electrons. The molecule has 3 aliphatic rings. The average molecular weight is 1070 g/mol. The second kappa shape index (κ2) is 29.8. The largest absolute Gasteiger partial charge is 0.480 e. The summed E-state index contributed by atoms with van der Waals surface area (Å²) < 4.78 is 0. The van der Waals surface area contributed by atoms with Crippen molar-refractivity contribution in [2.75, 3.05) is 52.4 Å². The number of carbonyl (C=O) groups is 9. The lowest BCUT2D eigenvalue weighted by atomic mass is 9.99. The van der Waals surface area contributed by atoms with E-state index in [4.69, 9.17) is 28.8 Å². The van der Waals surface area contributed by atoms with Crippen LogP contribution in [0.1, 0.15) is 68.9 Å². The Bertz CT molecular complexity index is 2470. The summed E-state index contributed by atoms with van der Waals surface area (Å²) in [4.78, 5) is 137. The van der Waals surface area contributed by atoms with Gasteiger partial charge >= 0.3 is 12.0 Å². The van der Waals surface area contributed by atoms with Crippen LogP contribution in [0.3, 0.4) is 0 Å². The maximum atomic E-state index is 14.1. The summed E-state index contributed by atoms with van der Waals surface area (Å²) in [6, 6.07) is 9.77. The Morgan fingerprint density at radius 1 is 0.662 bits per heavy atom. The molecule has 7 atom stereocenters. The fourth-order valence-electron chi connectivity index (χ4n) is 9.36. The summed E-state index contributed by atoms with van der Waals surface area (Å²) in [5.74, 6) is -1.69. The van der Waals surface area contributed by atoms with Gasteiger partial charge in [0.15, 0.2) is 11.9 Å². The van der Waals surface area contributed by atoms with Gasteiger partial charge in [-0.3, -0.25) is 48.6 Å². The lowest BCUT2D eigenvalue weighted by Gasteiger charge is -2.32. The maximum absolute atomic E-state index is 14.1. The maximum Gasteiger partial charge on any atom is 0.334 e. The van der Waals surface area contributed by atoms with Crippen molar-refractivity contribution in [1.82, 2.24) is 41.0 Å². The SMILES string of the molecule is NC(N)=NCCC[C@H](NC(=O)[C@H](Cc1ccccc1)NC(=O)[C@@H]1CCCN1C(=O)[C@H](CO)NC(=O)C(C=NC(=O)CNC(=O)[C@@H]1CCCN1C(=O)[C@@H]1CCCN1C(=O)N(N)CCCN=C(N)N)Cc1ccccc1)C(=O)O. The molecule has 27 nitrogen and oxygen atoms in total. The number of carboxylic acid groups (broad SMARTS) is 1. The van der Waals surface area contributed by atoms with Crippen LogP contribution in [0.15, 0.2) is 75.6 Å².